The Balaban J connectivity index is 2.02. The molecule has 0 aliphatic heterocycles. The zero-order chi connectivity index (χ0) is 15.5. The molecule has 0 bridgehead atoms. The van der Waals surface area contributed by atoms with Gasteiger partial charge < -0.3 is 0 Å². The molecule has 0 heterocycles. The van der Waals surface area contributed by atoms with E-state index in [1.54, 1.807) is 0 Å². The molecule has 2 nitrogen and oxygen atoms in total. The molecule has 0 amide bonds. The third-order valence-electron chi connectivity index (χ3n) is 3.83. The van der Waals surface area contributed by atoms with Gasteiger partial charge in [-0.1, -0.05) is 57.2 Å². The molecule has 21 heavy (non-hydrogen) atoms. The van der Waals surface area contributed by atoms with E-state index in [4.69, 9.17) is 0 Å². The SMILES string of the molecule is CC(C)(C)CC=C1C(=O)CC(Cc2ccccc2)CC1=O. The Morgan fingerprint density at radius 1 is 1.05 bits per heavy atom. The normalized spacial score (nSPS) is 19.8. The van der Waals surface area contributed by atoms with Crippen LogP contribution >= 0.6 is 0 Å². The van der Waals surface area contributed by atoms with Gasteiger partial charge in [0.15, 0.2) is 11.6 Å². The van der Waals surface area contributed by atoms with Crippen molar-refractivity contribution in [1.29, 1.82) is 0 Å². The second-order valence-electron chi connectivity index (χ2n) is 7.19. The lowest BCUT2D eigenvalue weighted by atomic mass is 9.79. The van der Waals surface area contributed by atoms with Gasteiger partial charge in [0.2, 0.25) is 0 Å². The fourth-order valence-corrected chi connectivity index (χ4v) is 2.70. The van der Waals surface area contributed by atoms with Crippen LogP contribution in [0.1, 0.15) is 45.6 Å². The third kappa shape index (κ3) is 4.66. The maximum atomic E-state index is 12.2. The van der Waals surface area contributed by atoms with E-state index in [1.807, 2.05) is 24.3 Å². The van der Waals surface area contributed by atoms with Gasteiger partial charge in [-0.15, -0.1) is 0 Å². The number of allylic oxidation sites excluding steroid dienone is 2. The summed E-state index contributed by atoms with van der Waals surface area (Å²) in [6.07, 6.45) is 4.42. The number of ketones is 2. The Labute approximate surface area is 127 Å². The number of hydrogen-bond donors (Lipinski definition) is 0. The molecule has 0 atom stereocenters. The van der Waals surface area contributed by atoms with Crippen LogP contribution in [0.25, 0.3) is 0 Å². The Bertz CT molecular complexity index is 527. The minimum absolute atomic E-state index is 0.0245. The first-order valence-electron chi connectivity index (χ1n) is 7.65. The Morgan fingerprint density at radius 2 is 1.62 bits per heavy atom. The van der Waals surface area contributed by atoms with E-state index in [-0.39, 0.29) is 22.9 Å². The largest absolute Gasteiger partial charge is 0.294 e. The molecule has 1 aliphatic carbocycles. The van der Waals surface area contributed by atoms with Gasteiger partial charge in [-0.2, -0.15) is 0 Å². The lowest BCUT2D eigenvalue weighted by molar-refractivity contribution is -0.125. The molecule has 1 aromatic carbocycles. The molecular weight excluding hydrogens is 260 g/mol. The highest BCUT2D eigenvalue weighted by molar-refractivity contribution is 6.21. The van der Waals surface area contributed by atoms with E-state index in [9.17, 15) is 9.59 Å². The van der Waals surface area contributed by atoms with Gasteiger partial charge in [0.25, 0.3) is 0 Å². The number of rotatable bonds is 3. The van der Waals surface area contributed by atoms with E-state index >= 15 is 0 Å². The molecule has 0 aromatic heterocycles. The summed E-state index contributed by atoms with van der Waals surface area (Å²) in [5, 5.41) is 0. The predicted octanol–water partition coefficient (Wildman–Crippen LogP) is 4.14. The van der Waals surface area contributed by atoms with Crippen molar-refractivity contribution in [3.63, 3.8) is 0 Å². The van der Waals surface area contributed by atoms with Crippen molar-refractivity contribution >= 4 is 11.6 Å². The molecular formula is C19H24O2. The van der Waals surface area contributed by atoms with Gasteiger partial charge in [-0.3, -0.25) is 9.59 Å². The lowest BCUT2D eigenvalue weighted by Crippen LogP contribution is -2.27. The molecule has 0 N–H and O–H groups in total. The first-order chi connectivity index (χ1) is 9.85. The van der Waals surface area contributed by atoms with E-state index in [0.29, 0.717) is 18.4 Å². The van der Waals surface area contributed by atoms with Crippen LogP contribution in [0.4, 0.5) is 0 Å². The minimum atomic E-state index is 0.0245. The van der Waals surface area contributed by atoms with Gasteiger partial charge in [-0.25, -0.2) is 0 Å². The van der Waals surface area contributed by atoms with Crippen molar-refractivity contribution < 1.29 is 9.59 Å². The topological polar surface area (TPSA) is 34.1 Å². The highest BCUT2D eigenvalue weighted by Gasteiger charge is 2.30. The summed E-state index contributed by atoms with van der Waals surface area (Å²) in [6, 6.07) is 10.1. The quantitative estimate of drug-likeness (QED) is 0.617. The summed E-state index contributed by atoms with van der Waals surface area (Å²) < 4.78 is 0. The van der Waals surface area contributed by atoms with Crippen LogP contribution in [0, 0.1) is 11.3 Å². The fraction of sp³-hybridized carbons (Fsp3) is 0.474. The zero-order valence-corrected chi connectivity index (χ0v) is 13.2. The van der Waals surface area contributed by atoms with Crippen LogP contribution in [0.15, 0.2) is 42.0 Å². The summed E-state index contributed by atoms with van der Waals surface area (Å²) in [7, 11) is 0. The molecule has 1 saturated carbocycles. The van der Waals surface area contributed by atoms with E-state index in [0.717, 1.165) is 12.8 Å². The number of carbonyl (C=O) groups excluding carboxylic acids is 2. The molecule has 1 aromatic rings. The smallest absolute Gasteiger partial charge is 0.166 e. The highest BCUT2D eigenvalue weighted by Crippen LogP contribution is 2.28. The summed E-state index contributed by atoms with van der Waals surface area (Å²) in [4.78, 5) is 24.5. The molecule has 112 valence electrons. The molecule has 2 rings (SSSR count). The summed E-state index contributed by atoms with van der Waals surface area (Å²) in [5.74, 6) is 0.201. The second kappa shape index (κ2) is 6.38. The van der Waals surface area contributed by atoms with Gasteiger partial charge in [-0.05, 0) is 29.7 Å². The van der Waals surface area contributed by atoms with Crippen LogP contribution in [-0.4, -0.2) is 11.6 Å². The molecule has 1 aliphatic rings. The first-order valence-corrected chi connectivity index (χ1v) is 7.65. The Hall–Kier alpha value is -1.70. The number of benzene rings is 1. The van der Waals surface area contributed by atoms with Crippen molar-refractivity contribution in [2.24, 2.45) is 11.3 Å². The summed E-state index contributed by atoms with van der Waals surface area (Å²) in [5.41, 5.74) is 1.74. The molecule has 2 heteroatoms. The van der Waals surface area contributed by atoms with Crippen LogP contribution in [0.5, 0.6) is 0 Å². The molecule has 0 unspecified atom stereocenters. The maximum absolute atomic E-state index is 12.2. The number of carbonyl (C=O) groups is 2. The minimum Gasteiger partial charge on any atom is -0.294 e. The van der Waals surface area contributed by atoms with Gasteiger partial charge in [0.1, 0.15) is 0 Å². The summed E-state index contributed by atoms with van der Waals surface area (Å²) in [6.45, 7) is 6.33. The number of hydrogen-bond acceptors (Lipinski definition) is 2. The van der Waals surface area contributed by atoms with Gasteiger partial charge in [0, 0.05) is 12.8 Å². The average molecular weight is 284 g/mol. The number of Topliss-reactive ketones (excluding diaryl/α,β-unsaturated/α-hetero) is 2. The van der Waals surface area contributed by atoms with Crippen molar-refractivity contribution in [2.75, 3.05) is 0 Å². The van der Waals surface area contributed by atoms with Crippen molar-refractivity contribution in [3.8, 4) is 0 Å². The molecule has 0 saturated heterocycles. The van der Waals surface area contributed by atoms with Crippen LogP contribution in [-0.2, 0) is 16.0 Å². The monoisotopic (exact) mass is 284 g/mol. The van der Waals surface area contributed by atoms with Crippen LogP contribution in [0.3, 0.4) is 0 Å². The molecule has 0 spiro atoms. The van der Waals surface area contributed by atoms with E-state index < -0.39 is 0 Å². The maximum Gasteiger partial charge on any atom is 0.166 e. The van der Waals surface area contributed by atoms with E-state index in [2.05, 4.69) is 32.9 Å². The zero-order valence-electron chi connectivity index (χ0n) is 13.2. The predicted molar refractivity (Wildman–Crippen MR) is 85.0 cm³/mol. The highest BCUT2D eigenvalue weighted by atomic mass is 16.1. The van der Waals surface area contributed by atoms with Crippen molar-refractivity contribution in [3.05, 3.63) is 47.5 Å². The van der Waals surface area contributed by atoms with Gasteiger partial charge in [0.05, 0.1) is 5.57 Å². The third-order valence-corrected chi connectivity index (χ3v) is 3.83. The van der Waals surface area contributed by atoms with Crippen molar-refractivity contribution in [2.45, 2.75) is 46.5 Å². The fourth-order valence-electron chi connectivity index (χ4n) is 2.70. The van der Waals surface area contributed by atoms with Crippen molar-refractivity contribution in [1.82, 2.24) is 0 Å². The van der Waals surface area contributed by atoms with Crippen LogP contribution < -0.4 is 0 Å². The summed E-state index contributed by atoms with van der Waals surface area (Å²) >= 11 is 0. The van der Waals surface area contributed by atoms with Gasteiger partial charge >= 0.3 is 0 Å². The molecule has 0 radical (unpaired) electrons. The lowest BCUT2D eigenvalue weighted by Gasteiger charge is -2.23. The second-order valence-corrected chi connectivity index (χ2v) is 7.19. The standard InChI is InChI=1S/C19H24O2/c1-19(2,3)10-9-16-17(20)12-15(13-18(16)21)11-14-7-5-4-6-8-14/h4-9,15H,10-13H2,1-3H3. The molecule has 1 fully saturated rings. The Morgan fingerprint density at radius 3 is 2.14 bits per heavy atom. The Kier molecular flexibility index (Phi) is 4.76. The first kappa shape index (κ1) is 15.7. The van der Waals surface area contributed by atoms with Crippen LogP contribution in [0.2, 0.25) is 0 Å². The van der Waals surface area contributed by atoms with E-state index in [1.165, 1.54) is 5.56 Å². The average Bonchev–Trinajstić information content (AvgIpc) is 2.37.